The van der Waals surface area contributed by atoms with E-state index in [0.29, 0.717) is 71.6 Å². The first-order chi connectivity index (χ1) is 20.6. The van der Waals surface area contributed by atoms with E-state index in [9.17, 15) is 14.4 Å². The van der Waals surface area contributed by atoms with Gasteiger partial charge in [0.15, 0.2) is 0 Å². The number of ether oxygens (including phenoxy) is 1. The Morgan fingerprint density at radius 1 is 1.07 bits per heavy atom. The maximum Gasteiger partial charge on any atom is 0.276 e. The van der Waals surface area contributed by atoms with E-state index in [1.807, 2.05) is 30.6 Å². The van der Waals surface area contributed by atoms with Crippen molar-refractivity contribution >= 4 is 46.1 Å². The standard InChI is InChI=1S/C30H35N9O4/c1-3-39-24(12-17(2)37-39)29(42)36-30-35-23-14-20(28(33)41)15-25(43-16-18-6-7-18)26(23)38(30)11-5-4-10-34-22-9-8-19(27(32)40)13-21(22)31/h4-5,8-9,12-15,18,34H,3,6-7,10-11,16,31H2,1-2H3,(H2,32,40)(H2,33,41)(H,35,36,42)/b5-4+. The van der Waals surface area contributed by atoms with Crippen LogP contribution >= 0.6 is 0 Å². The molecule has 0 saturated heterocycles. The number of hydrogen-bond acceptors (Lipinski definition) is 8. The number of rotatable bonds is 13. The molecule has 2 aromatic carbocycles. The summed E-state index contributed by atoms with van der Waals surface area (Å²) >= 11 is 0. The molecule has 0 bridgehead atoms. The zero-order valence-electron chi connectivity index (χ0n) is 24.1. The smallest absolute Gasteiger partial charge is 0.276 e. The molecule has 3 amide bonds. The van der Waals surface area contributed by atoms with Crippen molar-refractivity contribution in [2.75, 3.05) is 29.5 Å². The van der Waals surface area contributed by atoms with E-state index in [0.717, 1.165) is 18.5 Å². The van der Waals surface area contributed by atoms with Crippen molar-refractivity contribution in [1.82, 2.24) is 19.3 Å². The minimum atomic E-state index is -0.602. The summed E-state index contributed by atoms with van der Waals surface area (Å²) in [4.78, 5) is 41.5. The van der Waals surface area contributed by atoms with Crippen molar-refractivity contribution in [3.8, 4) is 5.75 Å². The second kappa shape index (κ2) is 12.3. The molecule has 13 nitrogen and oxygen atoms in total. The molecule has 5 rings (SSSR count). The predicted octanol–water partition coefficient (Wildman–Crippen LogP) is 3.05. The lowest BCUT2D eigenvalue weighted by molar-refractivity contribution is 0.0991. The summed E-state index contributed by atoms with van der Waals surface area (Å²) in [6, 6.07) is 9.76. The molecule has 13 heteroatoms. The topological polar surface area (TPSA) is 198 Å². The molecule has 1 saturated carbocycles. The Balaban J connectivity index is 1.44. The molecule has 1 aliphatic rings. The summed E-state index contributed by atoms with van der Waals surface area (Å²) in [5.41, 5.74) is 20.9. The zero-order valence-corrected chi connectivity index (χ0v) is 24.1. The van der Waals surface area contributed by atoms with Crippen molar-refractivity contribution in [3.05, 3.63) is 71.1 Å². The van der Waals surface area contributed by atoms with Crippen molar-refractivity contribution in [3.63, 3.8) is 0 Å². The van der Waals surface area contributed by atoms with Gasteiger partial charge in [-0.3, -0.25) is 24.4 Å². The molecule has 1 aliphatic carbocycles. The van der Waals surface area contributed by atoms with Crippen LogP contribution in [0.5, 0.6) is 5.75 Å². The average Bonchev–Trinajstić information content (AvgIpc) is 3.63. The highest BCUT2D eigenvalue weighted by atomic mass is 16.5. The van der Waals surface area contributed by atoms with Gasteiger partial charge in [0.2, 0.25) is 17.8 Å². The van der Waals surface area contributed by atoms with E-state index in [1.54, 1.807) is 35.0 Å². The molecule has 8 N–H and O–H groups in total. The highest BCUT2D eigenvalue weighted by Crippen LogP contribution is 2.34. The fourth-order valence-corrected chi connectivity index (χ4v) is 4.69. The monoisotopic (exact) mass is 585 g/mol. The summed E-state index contributed by atoms with van der Waals surface area (Å²) in [7, 11) is 0. The summed E-state index contributed by atoms with van der Waals surface area (Å²) < 4.78 is 9.61. The van der Waals surface area contributed by atoms with Gasteiger partial charge in [-0.25, -0.2) is 4.98 Å². The van der Waals surface area contributed by atoms with Crippen LogP contribution in [-0.4, -0.2) is 50.2 Å². The number of primary amides is 2. The van der Waals surface area contributed by atoms with Crippen LogP contribution in [0.25, 0.3) is 11.0 Å². The third kappa shape index (κ3) is 6.61. The van der Waals surface area contributed by atoms with Gasteiger partial charge in [0, 0.05) is 30.8 Å². The average molecular weight is 586 g/mol. The van der Waals surface area contributed by atoms with Gasteiger partial charge < -0.3 is 31.8 Å². The number of amides is 3. The van der Waals surface area contributed by atoms with Crippen LogP contribution in [0.3, 0.4) is 0 Å². The third-order valence-electron chi connectivity index (χ3n) is 7.12. The number of aromatic nitrogens is 4. The number of anilines is 3. The van der Waals surface area contributed by atoms with Crippen molar-refractivity contribution in [1.29, 1.82) is 0 Å². The first-order valence-corrected chi connectivity index (χ1v) is 14.1. The Hall–Kier alpha value is -5.33. The number of nitrogens with two attached hydrogens (primary N) is 3. The van der Waals surface area contributed by atoms with Crippen LogP contribution in [-0.2, 0) is 13.1 Å². The van der Waals surface area contributed by atoms with Gasteiger partial charge in [-0.2, -0.15) is 5.10 Å². The molecule has 43 heavy (non-hydrogen) atoms. The van der Waals surface area contributed by atoms with Gasteiger partial charge in [0.05, 0.1) is 29.2 Å². The summed E-state index contributed by atoms with van der Waals surface area (Å²) in [6.07, 6.45) is 5.99. The van der Waals surface area contributed by atoms with E-state index in [-0.39, 0.29) is 17.4 Å². The second-order valence-corrected chi connectivity index (χ2v) is 10.5. The molecule has 0 unspecified atom stereocenters. The second-order valence-electron chi connectivity index (χ2n) is 10.5. The minimum Gasteiger partial charge on any atom is -0.491 e. The molecular formula is C30H35N9O4. The Morgan fingerprint density at radius 3 is 2.51 bits per heavy atom. The van der Waals surface area contributed by atoms with E-state index in [2.05, 4.69) is 20.7 Å². The van der Waals surface area contributed by atoms with E-state index < -0.39 is 11.8 Å². The minimum absolute atomic E-state index is 0.264. The molecule has 1 fully saturated rings. The van der Waals surface area contributed by atoms with Gasteiger partial charge in [-0.1, -0.05) is 12.2 Å². The summed E-state index contributed by atoms with van der Waals surface area (Å²) in [5, 5.41) is 10.5. The first-order valence-electron chi connectivity index (χ1n) is 14.1. The highest BCUT2D eigenvalue weighted by Gasteiger charge is 2.25. The Kier molecular flexibility index (Phi) is 8.32. The first kappa shape index (κ1) is 29.2. The summed E-state index contributed by atoms with van der Waals surface area (Å²) in [6.45, 7) is 5.53. The molecule has 2 aromatic heterocycles. The number of fused-ring (bicyclic) bond motifs is 1. The Bertz CT molecular complexity index is 1730. The maximum absolute atomic E-state index is 13.4. The molecule has 0 aliphatic heterocycles. The van der Waals surface area contributed by atoms with Crippen molar-refractivity contribution in [2.24, 2.45) is 17.4 Å². The molecule has 0 radical (unpaired) electrons. The number of carbonyl (C=O) groups is 3. The Morgan fingerprint density at radius 2 is 1.84 bits per heavy atom. The van der Waals surface area contributed by atoms with Crippen LogP contribution in [0.2, 0.25) is 0 Å². The van der Waals surface area contributed by atoms with Crippen molar-refractivity contribution in [2.45, 2.75) is 39.8 Å². The van der Waals surface area contributed by atoms with Gasteiger partial charge in [0.25, 0.3) is 5.91 Å². The number of nitrogens with one attached hydrogen (secondary N) is 2. The number of benzene rings is 2. The third-order valence-corrected chi connectivity index (χ3v) is 7.12. The molecule has 224 valence electrons. The highest BCUT2D eigenvalue weighted by molar-refractivity contribution is 6.04. The molecule has 2 heterocycles. The lowest BCUT2D eigenvalue weighted by Gasteiger charge is -2.13. The van der Waals surface area contributed by atoms with Crippen LogP contribution in [0, 0.1) is 12.8 Å². The lowest BCUT2D eigenvalue weighted by atomic mass is 10.1. The number of nitrogen functional groups attached to an aromatic ring is 1. The SMILES string of the molecule is CCn1nc(C)cc1C(=O)Nc1nc2cc(C(N)=O)cc(OCC3CC3)c2n1C/C=C/CNc1ccc(C(N)=O)cc1N. The van der Waals surface area contributed by atoms with Gasteiger partial charge in [0.1, 0.15) is 17.0 Å². The van der Waals surface area contributed by atoms with E-state index in [4.69, 9.17) is 21.9 Å². The Labute approximate surface area is 248 Å². The summed E-state index contributed by atoms with van der Waals surface area (Å²) in [5.74, 6) is -0.301. The largest absolute Gasteiger partial charge is 0.491 e. The maximum atomic E-state index is 13.4. The fourth-order valence-electron chi connectivity index (χ4n) is 4.69. The molecule has 0 atom stereocenters. The number of aryl methyl sites for hydroxylation is 2. The van der Waals surface area contributed by atoms with Gasteiger partial charge >= 0.3 is 0 Å². The molecule has 0 spiro atoms. The molecule has 4 aromatic rings. The van der Waals surface area contributed by atoms with E-state index in [1.165, 1.54) is 6.07 Å². The number of nitrogens with zero attached hydrogens (tertiary/aromatic N) is 4. The number of allylic oxidation sites excluding steroid dienone is 1. The predicted molar refractivity (Wildman–Crippen MR) is 164 cm³/mol. The van der Waals surface area contributed by atoms with Crippen LogP contribution < -0.4 is 32.6 Å². The lowest BCUT2D eigenvalue weighted by Crippen LogP contribution is -2.20. The number of hydrogen-bond donors (Lipinski definition) is 5. The fraction of sp³-hybridized carbons (Fsp3) is 0.300. The van der Waals surface area contributed by atoms with Crippen LogP contribution in [0.1, 0.15) is 56.7 Å². The number of imidazole rings is 1. The quantitative estimate of drug-likeness (QED) is 0.116. The normalized spacial score (nSPS) is 13.0. The van der Waals surface area contributed by atoms with Crippen molar-refractivity contribution < 1.29 is 19.1 Å². The van der Waals surface area contributed by atoms with Gasteiger partial charge in [-0.15, -0.1) is 0 Å². The molecular weight excluding hydrogens is 550 g/mol. The van der Waals surface area contributed by atoms with Crippen LogP contribution in [0.15, 0.2) is 48.6 Å². The number of carbonyl (C=O) groups excluding carboxylic acids is 3. The van der Waals surface area contributed by atoms with Gasteiger partial charge in [-0.05, 0) is 69.0 Å². The van der Waals surface area contributed by atoms with E-state index >= 15 is 0 Å². The van der Waals surface area contributed by atoms with Crippen LogP contribution in [0.4, 0.5) is 17.3 Å². The zero-order chi connectivity index (χ0) is 30.7.